The zero-order valence-electron chi connectivity index (χ0n) is 15.9. The first-order valence-electron chi connectivity index (χ1n) is 10.5. The van der Waals surface area contributed by atoms with Crippen molar-refractivity contribution in [3.63, 3.8) is 0 Å². The highest BCUT2D eigenvalue weighted by Gasteiger charge is 2.36. The van der Waals surface area contributed by atoms with E-state index in [1.54, 1.807) is 24.3 Å². The molecule has 0 bridgehead atoms. The van der Waals surface area contributed by atoms with E-state index in [9.17, 15) is 13.2 Å². The Bertz CT molecular complexity index is 784. The SMILES string of the molecule is O=C(c1cccc(S(=O)(=O)NC2CCCC2)c1)N1CCCC2CCCCC21. The maximum atomic E-state index is 13.2. The highest BCUT2D eigenvalue weighted by molar-refractivity contribution is 7.89. The summed E-state index contributed by atoms with van der Waals surface area (Å²) in [6, 6.07) is 6.96. The summed E-state index contributed by atoms with van der Waals surface area (Å²) in [4.78, 5) is 15.4. The number of rotatable bonds is 4. The zero-order chi connectivity index (χ0) is 18.9. The number of carbonyl (C=O) groups excluding carboxylic acids is 1. The van der Waals surface area contributed by atoms with Gasteiger partial charge in [-0.15, -0.1) is 0 Å². The number of hydrogen-bond acceptors (Lipinski definition) is 3. The van der Waals surface area contributed by atoms with Crippen LogP contribution in [0.5, 0.6) is 0 Å². The molecule has 1 aromatic rings. The Labute approximate surface area is 162 Å². The van der Waals surface area contributed by atoms with E-state index >= 15 is 0 Å². The van der Waals surface area contributed by atoms with Gasteiger partial charge in [0.2, 0.25) is 10.0 Å². The molecule has 1 aliphatic heterocycles. The highest BCUT2D eigenvalue weighted by atomic mass is 32.2. The lowest BCUT2D eigenvalue weighted by molar-refractivity contribution is 0.0390. The van der Waals surface area contributed by atoms with Crippen LogP contribution < -0.4 is 4.72 Å². The van der Waals surface area contributed by atoms with Gasteiger partial charge in [-0.05, 0) is 62.6 Å². The lowest BCUT2D eigenvalue weighted by Gasteiger charge is -2.44. The van der Waals surface area contributed by atoms with Crippen molar-refractivity contribution in [3.8, 4) is 0 Å². The van der Waals surface area contributed by atoms with Crippen molar-refractivity contribution >= 4 is 15.9 Å². The molecule has 4 rings (SSSR count). The van der Waals surface area contributed by atoms with Crippen molar-refractivity contribution in [1.29, 1.82) is 0 Å². The van der Waals surface area contributed by atoms with Crippen LogP contribution >= 0.6 is 0 Å². The highest BCUT2D eigenvalue weighted by Crippen LogP contribution is 2.36. The molecule has 2 saturated carbocycles. The minimum absolute atomic E-state index is 0.00971. The number of nitrogens with zero attached hydrogens (tertiary/aromatic N) is 1. The van der Waals surface area contributed by atoms with Crippen LogP contribution in [0.2, 0.25) is 0 Å². The molecule has 5 nitrogen and oxygen atoms in total. The molecule has 2 atom stereocenters. The third kappa shape index (κ3) is 4.06. The van der Waals surface area contributed by atoms with E-state index in [1.807, 2.05) is 4.90 Å². The number of nitrogens with one attached hydrogen (secondary N) is 1. The molecule has 3 aliphatic rings. The number of hydrogen-bond donors (Lipinski definition) is 1. The van der Waals surface area contributed by atoms with Gasteiger partial charge in [-0.25, -0.2) is 13.1 Å². The second-order valence-electron chi connectivity index (χ2n) is 8.38. The molecule has 2 aliphatic carbocycles. The van der Waals surface area contributed by atoms with Crippen LogP contribution in [-0.2, 0) is 10.0 Å². The van der Waals surface area contributed by atoms with Gasteiger partial charge < -0.3 is 4.90 Å². The molecule has 1 saturated heterocycles. The Balaban J connectivity index is 1.53. The predicted octanol–water partition coefficient (Wildman–Crippen LogP) is 3.70. The maximum Gasteiger partial charge on any atom is 0.254 e. The Morgan fingerprint density at radius 3 is 2.48 bits per heavy atom. The second-order valence-corrected chi connectivity index (χ2v) is 10.1. The van der Waals surface area contributed by atoms with Gasteiger partial charge in [0.05, 0.1) is 4.90 Å². The summed E-state index contributed by atoms with van der Waals surface area (Å²) in [7, 11) is -3.57. The first kappa shape index (κ1) is 18.9. The van der Waals surface area contributed by atoms with Gasteiger partial charge in [0.1, 0.15) is 0 Å². The first-order chi connectivity index (χ1) is 13.0. The summed E-state index contributed by atoms with van der Waals surface area (Å²) in [6.07, 6.45) is 11.0. The van der Waals surface area contributed by atoms with Gasteiger partial charge in [-0.1, -0.05) is 31.7 Å². The van der Waals surface area contributed by atoms with Crippen LogP contribution in [0, 0.1) is 5.92 Å². The summed E-state index contributed by atoms with van der Waals surface area (Å²) in [5.41, 5.74) is 0.496. The number of likely N-dealkylation sites (tertiary alicyclic amines) is 1. The van der Waals surface area contributed by atoms with Crippen LogP contribution in [0.15, 0.2) is 29.2 Å². The minimum atomic E-state index is -3.57. The van der Waals surface area contributed by atoms with Crippen LogP contribution in [0.4, 0.5) is 0 Å². The number of fused-ring (bicyclic) bond motifs is 1. The average molecular weight is 391 g/mol. The molecular weight excluding hydrogens is 360 g/mol. The second kappa shape index (κ2) is 7.92. The van der Waals surface area contributed by atoms with Crippen molar-refractivity contribution in [3.05, 3.63) is 29.8 Å². The van der Waals surface area contributed by atoms with Gasteiger partial charge in [0.25, 0.3) is 5.91 Å². The quantitative estimate of drug-likeness (QED) is 0.852. The van der Waals surface area contributed by atoms with Gasteiger partial charge in [0, 0.05) is 24.2 Å². The number of sulfonamides is 1. The van der Waals surface area contributed by atoms with Gasteiger partial charge in [-0.3, -0.25) is 4.79 Å². The summed E-state index contributed by atoms with van der Waals surface area (Å²) in [5, 5.41) is 0. The van der Waals surface area contributed by atoms with Crippen molar-refractivity contribution in [2.75, 3.05) is 6.54 Å². The van der Waals surface area contributed by atoms with Crippen LogP contribution in [0.3, 0.4) is 0 Å². The molecule has 27 heavy (non-hydrogen) atoms. The fourth-order valence-corrected chi connectivity index (χ4v) is 6.52. The summed E-state index contributed by atoms with van der Waals surface area (Å²) < 4.78 is 28.3. The topological polar surface area (TPSA) is 66.5 Å². The van der Waals surface area contributed by atoms with Crippen LogP contribution in [0.25, 0.3) is 0 Å². The molecule has 1 N–H and O–H groups in total. The Morgan fingerprint density at radius 2 is 1.67 bits per heavy atom. The van der Waals surface area contributed by atoms with Crippen molar-refractivity contribution < 1.29 is 13.2 Å². The molecule has 148 valence electrons. The Kier molecular flexibility index (Phi) is 5.55. The summed E-state index contributed by atoms with van der Waals surface area (Å²) >= 11 is 0. The first-order valence-corrected chi connectivity index (χ1v) is 12.0. The van der Waals surface area contributed by atoms with Crippen molar-refractivity contribution in [2.24, 2.45) is 5.92 Å². The van der Waals surface area contributed by atoms with E-state index in [4.69, 9.17) is 0 Å². The van der Waals surface area contributed by atoms with E-state index in [-0.39, 0.29) is 16.8 Å². The Hall–Kier alpha value is -1.40. The normalized spacial score (nSPS) is 26.7. The van der Waals surface area contributed by atoms with E-state index in [0.717, 1.165) is 45.1 Å². The summed E-state index contributed by atoms with van der Waals surface area (Å²) in [5.74, 6) is 0.608. The third-order valence-corrected chi connectivity index (χ3v) is 8.09. The van der Waals surface area contributed by atoms with Gasteiger partial charge in [-0.2, -0.15) is 0 Å². The van der Waals surface area contributed by atoms with Crippen LogP contribution in [0.1, 0.15) is 74.6 Å². The average Bonchev–Trinajstić information content (AvgIpc) is 3.19. The zero-order valence-corrected chi connectivity index (χ0v) is 16.7. The molecule has 1 amide bonds. The predicted molar refractivity (Wildman–Crippen MR) is 105 cm³/mol. The lowest BCUT2D eigenvalue weighted by atomic mass is 9.78. The smallest absolute Gasteiger partial charge is 0.254 e. The fraction of sp³-hybridized carbons (Fsp3) is 0.667. The fourth-order valence-electron chi connectivity index (χ4n) is 5.17. The molecule has 0 spiro atoms. The number of benzene rings is 1. The molecule has 1 heterocycles. The molecule has 1 aromatic carbocycles. The van der Waals surface area contributed by atoms with Crippen molar-refractivity contribution in [2.45, 2.75) is 81.2 Å². The van der Waals surface area contributed by atoms with E-state index < -0.39 is 10.0 Å². The van der Waals surface area contributed by atoms with Crippen molar-refractivity contribution in [1.82, 2.24) is 9.62 Å². The Morgan fingerprint density at radius 1 is 0.963 bits per heavy atom. The molecule has 2 unspecified atom stereocenters. The maximum absolute atomic E-state index is 13.2. The number of carbonyl (C=O) groups is 1. The van der Waals surface area contributed by atoms with E-state index in [0.29, 0.717) is 17.5 Å². The number of piperidine rings is 1. The number of amides is 1. The standard InChI is InChI=1S/C21H30N2O3S/c24-21(23-14-6-9-16-7-1-4-13-20(16)23)17-8-5-12-19(15-17)27(25,26)22-18-10-2-3-11-18/h5,8,12,15-16,18,20,22H,1-4,6-7,9-11,13-14H2. The molecule has 0 radical (unpaired) electrons. The monoisotopic (exact) mass is 390 g/mol. The third-order valence-electron chi connectivity index (χ3n) is 6.57. The largest absolute Gasteiger partial charge is 0.335 e. The van der Waals surface area contributed by atoms with Gasteiger partial charge >= 0.3 is 0 Å². The lowest BCUT2D eigenvalue weighted by Crippen LogP contribution is -2.49. The molecular formula is C21H30N2O3S. The van der Waals surface area contributed by atoms with Crippen LogP contribution in [-0.4, -0.2) is 37.9 Å². The van der Waals surface area contributed by atoms with E-state index in [1.165, 1.54) is 25.7 Å². The van der Waals surface area contributed by atoms with Gasteiger partial charge in [0.15, 0.2) is 0 Å². The molecule has 6 heteroatoms. The van der Waals surface area contributed by atoms with E-state index in [2.05, 4.69) is 4.72 Å². The molecule has 0 aromatic heterocycles. The molecule has 3 fully saturated rings. The summed E-state index contributed by atoms with van der Waals surface area (Å²) in [6.45, 7) is 0.789. The minimum Gasteiger partial charge on any atom is -0.335 e.